The third kappa shape index (κ3) is 4.08. The molecule has 0 amide bonds. The molecule has 0 N–H and O–H groups in total. The third-order valence-corrected chi connectivity index (χ3v) is 3.99. The Bertz CT molecular complexity index is 695. The van der Waals surface area contributed by atoms with Crippen LogP contribution in [0.15, 0.2) is 39.8 Å². The molecule has 8 heteroatoms. The highest BCUT2D eigenvalue weighted by Crippen LogP contribution is 2.18. The Morgan fingerprint density at radius 3 is 2.52 bits per heavy atom. The molecule has 0 unspecified atom stereocenters. The first-order chi connectivity index (χ1) is 9.88. The molecule has 0 spiro atoms. The fourth-order valence-corrected chi connectivity index (χ4v) is 2.47. The maximum Gasteiger partial charge on any atom is 0.313 e. The SMILES string of the molecule is Cc1ccc(S(=O)(=O)OCCc2coc(C(F)F)n2)cc1. The molecule has 2 rings (SSSR count). The van der Waals surface area contributed by atoms with E-state index in [1.165, 1.54) is 12.1 Å². The van der Waals surface area contributed by atoms with Crippen molar-refractivity contribution in [2.75, 3.05) is 6.61 Å². The summed E-state index contributed by atoms with van der Waals surface area (Å²) < 4.78 is 57.6. The Balaban J connectivity index is 1.94. The maximum atomic E-state index is 12.3. The lowest BCUT2D eigenvalue weighted by atomic mass is 10.2. The highest BCUT2D eigenvalue weighted by Gasteiger charge is 2.17. The van der Waals surface area contributed by atoms with Crippen LogP contribution in [0.3, 0.4) is 0 Å². The van der Waals surface area contributed by atoms with Crippen molar-refractivity contribution in [2.24, 2.45) is 0 Å². The predicted octanol–water partition coefficient (Wildman–Crippen LogP) is 2.87. The summed E-state index contributed by atoms with van der Waals surface area (Å²) in [5.74, 6) is -0.689. The largest absolute Gasteiger partial charge is 0.444 e. The molecule has 114 valence electrons. The monoisotopic (exact) mass is 317 g/mol. The van der Waals surface area contributed by atoms with Crippen molar-refractivity contribution in [2.45, 2.75) is 24.7 Å². The normalized spacial score (nSPS) is 12.0. The Hall–Kier alpha value is -1.80. The number of hydrogen-bond donors (Lipinski definition) is 0. The topological polar surface area (TPSA) is 69.4 Å². The van der Waals surface area contributed by atoms with Crippen LogP contribution in [-0.2, 0) is 20.7 Å². The van der Waals surface area contributed by atoms with Gasteiger partial charge in [-0.1, -0.05) is 17.7 Å². The summed E-state index contributed by atoms with van der Waals surface area (Å²) in [7, 11) is -3.86. The lowest BCUT2D eigenvalue weighted by Gasteiger charge is -2.04. The zero-order chi connectivity index (χ0) is 15.5. The zero-order valence-corrected chi connectivity index (χ0v) is 11.9. The van der Waals surface area contributed by atoms with Gasteiger partial charge in [-0.25, -0.2) is 4.98 Å². The molecule has 21 heavy (non-hydrogen) atoms. The number of aryl methyl sites for hydroxylation is 1. The van der Waals surface area contributed by atoms with Crippen molar-refractivity contribution in [1.29, 1.82) is 0 Å². The minimum Gasteiger partial charge on any atom is -0.444 e. The van der Waals surface area contributed by atoms with Crippen LogP contribution in [0.2, 0.25) is 0 Å². The molecule has 0 fully saturated rings. The summed E-state index contributed by atoms with van der Waals surface area (Å²) in [5, 5.41) is 0. The Morgan fingerprint density at radius 2 is 1.95 bits per heavy atom. The molecule has 0 aliphatic heterocycles. The molecular formula is C13H13F2NO4S. The summed E-state index contributed by atoms with van der Waals surface area (Å²) in [5.41, 5.74) is 1.14. The molecule has 0 saturated heterocycles. The average molecular weight is 317 g/mol. The van der Waals surface area contributed by atoms with Gasteiger partial charge in [0.25, 0.3) is 16.0 Å². The molecular weight excluding hydrogens is 304 g/mol. The molecule has 0 saturated carbocycles. The number of benzene rings is 1. The van der Waals surface area contributed by atoms with Gasteiger partial charge in [-0.05, 0) is 19.1 Å². The van der Waals surface area contributed by atoms with Crippen LogP contribution in [0.25, 0.3) is 0 Å². The van der Waals surface area contributed by atoms with E-state index in [4.69, 9.17) is 4.18 Å². The maximum absolute atomic E-state index is 12.3. The summed E-state index contributed by atoms with van der Waals surface area (Å²) in [6.45, 7) is 1.63. The van der Waals surface area contributed by atoms with Gasteiger partial charge in [0, 0.05) is 6.42 Å². The number of rotatable bonds is 6. The van der Waals surface area contributed by atoms with Crippen LogP contribution >= 0.6 is 0 Å². The lowest BCUT2D eigenvalue weighted by Crippen LogP contribution is -2.09. The van der Waals surface area contributed by atoms with Gasteiger partial charge in [-0.15, -0.1) is 0 Å². The molecule has 2 aromatic rings. The van der Waals surface area contributed by atoms with Gasteiger partial charge in [0.15, 0.2) is 0 Å². The molecule has 0 radical (unpaired) electrons. The lowest BCUT2D eigenvalue weighted by molar-refractivity contribution is 0.115. The van der Waals surface area contributed by atoms with Gasteiger partial charge in [-0.2, -0.15) is 17.2 Å². The van der Waals surface area contributed by atoms with E-state index in [1.807, 2.05) is 6.92 Å². The minimum atomic E-state index is -3.86. The third-order valence-electron chi connectivity index (χ3n) is 2.66. The number of halogens is 2. The van der Waals surface area contributed by atoms with Crippen molar-refractivity contribution >= 4 is 10.1 Å². The van der Waals surface area contributed by atoms with E-state index in [9.17, 15) is 17.2 Å². The average Bonchev–Trinajstić information content (AvgIpc) is 2.88. The van der Waals surface area contributed by atoms with E-state index in [0.717, 1.165) is 11.8 Å². The number of nitrogens with zero attached hydrogens (tertiary/aromatic N) is 1. The predicted molar refractivity (Wildman–Crippen MR) is 69.5 cm³/mol. The minimum absolute atomic E-state index is 0.0431. The molecule has 0 aliphatic carbocycles. The second-order valence-corrected chi connectivity index (χ2v) is 5.93. The summed E-state index contributed by atoms with van der Waals surface area (Å²) in [4.78, 5) is 3.57. The standard InChI is InChI=1S/C13H13F2NO4S/c1-9-2-4-11(5-3-9)21(17,18)20-7-6-10-8-19-13(16-10)12(14)15/h2-5,8,12H,6-7H2,1H3. The first-order valence-electron chi connectivity index (χ1n) is 6.07. The van der Waals surface area contributed by atoms with Crippen LogP contribution in [-0.4, -0.2) is 20.0 Å². The molecule has 1 aromatic carbocycles. The van der Waals surface area contributed by atoms with Crippen LogP contribution in [0.5, 0.6) is 0 Å². The van der Waals surface area contributed by atoms with Crippen molar-refractivity contribution in [1.82, 2.24) is 4.98 Å². The Kier molecular flexibility index (Phi) is 4.69. The highest BCUT2D eigenvalue weighted by molar-refractivity contribution is 7.86. The van der Waals surface area contributed by atoms with Gasteiger partial charge in [0.2, 0.25) is 0 Å². The number of oxazole rings is 1. The first-order valence-corrected chi connectivity index (χ1v) is 7.48. The summed E-state index contributed by atoms with van der Waals surface area (Å²) in [6, 6.07) is 6.19. The van der Waals surface area contributed by atoms with Gasteiger partial charge in [0.1, 0.15) is 6.26 Å². The van der Waals surface area contributed by atoms with Gasteiger partial charge in [0.05, 0.1) is 17.2 Å². The van der Waals surface area contributed by atoms with Gasteiger partial charge < -0.3 is 4.42 Å². The van der Waals surface area contributed by atoms with Crippen molar-refractivity contribution < 1.29 is 25.8 Å². The fourth-order valence-electron chi connectivity index (χ4n) is 1.57. The van der Waals surface area contributed by atoms with Crippen molar-refractivity contribution in [3.63, 3.8) is 0 Å². The summed E-state index contributed by atoms with van der Waals surface area (Å²) >= 11 is 0. The zero-order valence-electron chi connectivity index (χ0n) is 11.1. The Morgan fingerprint density at radius 1 is 1.29 bits per heavy atom. The number of hydrogen-bond acceptors (Lipinski definition) is 5. The van der Waals surface area contributed by atoms with Crippen LogP contribution in [0.4, 0.5) is 8.78 Å². The molecule has 1 heterocycles. The molecule has 5 nitrogen and oxygen atoms in total. The van der Waals surface area contributed by atoms with Gasteiger partial charge in [-0.3, -0.25) is 4.18 Å². The van der Waals surface area contributed by atoms with E-state index >= 15 is 0 Å². The second kappa shape index (κ2) is 6.31. The summed E-state index contributed by atoms with van der Waals surface area (Å²) in [6.07, 6.45) is -1.68. The quantitative estimate of drug-likeness (QED) is 0.766. The molecule has 0 bridgehead atoms. The van der Waals surface area contributed by atoms with Crippen molar-refractivity contribution in [3.05, 3.63) is 47.7 Å². The number of alkyl halides is 2. The number of aromatic nitrogens is 1. The van der Waals surface area contributed by atoms with Crippen LogP contribution < -0.4 is 0 Å². The first kappa shape index (κ1) is 15.6. The van der Waals surface area contributed by atoms with Crippen LogP contribution in [0, 0.1) is 6.92 Å². The fraction of sp³-hybridized carbons (Fsp3) is 0.308. The molecule has 0 atom stereocenters. The van der Waals surface area contributed by atoms with Crippen molar-refractivity contribution in [3.8, 4) is 0 Å². The van der Waals surface area contributed by atoms with Crippen LogP contribution in [0.1, 0.15) is 23.6 Å². The second-order valence-electron chi connectivity index (χ2n) is 4.32. The smallest absolute Gasteiger partial charge is 0.313 e. The Labute approximate surface area is 120 Å². The van der Waals surface area contributed by atoms with E-state index in [-0.39, 0.29) is 23.6 Å². The van der Waals surface area contributed by atoms with E-state index in [2.05, 4.69) is 9.40 Å². The van der Waals surface area contributed by atoms with E-state index in [0.29, 0.717) is 0 Å². The van der Waals surface area contributed by atoms with E-state index < -0.39 is 22.4 Å². The van der Waals surface area contributed by atoms with Gasteiger partial charge >= 0.3 is 6.43 Å². The molecule has 0 aliphatic rings. The van der Waals surface area contributed by atoms with E-state index in [1.54, 1.807) is 12.1 Å². The highest BCUT2D eigenvalue weighted by atomic mass is 32.2. The molecule has 1 aromatic heterocycles.